The fourth-order valence-electron chi connectivity index (χ4n) is 2.58. The van der Waals surface area contributed by atoms with Crippen molar-refractivity contribution >= 4 is 29.0 Å². The maximum atomic E-state index is 12.5. The highest BCUT2D eigenvalue weighted by atomic mass is 32.2. The van der Waals surface area contributed by atoms with Crippen LogP contribution in [0.1, 0.15) is 35.5 Å². The van der Waals surface area contributed by atoms with Crippen molar-refractivity contribution in [2.45, 2.75) is 30.0 Å². The number of rotatable bonds is 4. The molecule has 0 bridgehead atoms. The van der Waals surface area contributed by atoms with Crippen molar-refractivity contribution in [3.63, 3.8) is 0 Å². The fraction of sp³-hybridized carbons (Fsp3) is 0.500. The first-order valence-corrected chi connectivity index (χ1v) is 8.94. The largest absolute Gasteiger partial charge is 0.338 e. The fourth-order valence-corrected chi connectivity index (χ4v) is 4.59. The third-order valence-electron chi connectivity index (χ3n) is 3.69. The molecule has 1 aliphatic heterocycles. The third kappa shape index (κ3) is 3.29. The van der Waals surface area contributed by atoms with E-state index in [4.69, 9.17) is 0 Å². The maximum Gasteiger partial charge on any atom is 0.263 e. The van der Waals surface area contributed by atoms with E-state index < -0.39 is 0 Å². The van der Waals surface area contributed by atoms with Crippen molar-refractivity contribution in [3.8, 4) is 0 Å². The van der Waals surface area contributed by atoms with Gasteiger partial charge in [-0.05, 0) is 30.7 Å². The number of carbonyl (C=O) groups is 1. The van der Waals surface area contributed by atoms with Crippen LogP contribution in [0.4, 0.5) is 0 Å². The molecule has 2 aromatic rings. The zero-order valence-electron chi connectivity index (χ0n) is 11.9. The lowest BCUT2D eigenvalue weighted by atomic mass is 10.0. The Hall–Kier alpha value is -1.34. The smallest absolute Gasteiger partial charge is 0.263 e. The van der Waals surface area contributed by atoms with E-state index in [0.29, 0.717) is 6.04 Å². The van der Waals surface area contributed by atoms with Gasteiger partial charge < -0.3 is 9.47 Å². The minimum absolute atomic E-state index is 0.171. The summed E-state index contributed by atoms with van der Waals surface area (Å²) >= 11 is 3.39. The van der Waals surface area contributed by atoms with Gasteiger partial charge >= 0.3 is 0 Å². The zero-order chi connectivity index (χ0) is 14.7. The molecule has 21 heavy (non-hydrogen) atoms. The number of hydrogen-bond donors (Lipinski definition) is 0. The molecule has 0 saturated carbocycles. The number of carbonyl (C=O) groups excluding carboxylic acids is 1. The molecular weight excluding hydrogens is 304 g/mol. The number of thioether (sulfide) groups is 1. The summed E-state index contributed by atoms with van der Waals surface area (Å²) in [6.07, 6.45) is 5.45. The van der Waals surface area contributed by atoms with E-state index in [9.17, 15) is 4.79 Å². The SMILES string of the molecule is CCSc1ccc(C(=O)N2CCC(n3cnnc3)CC2)s1. The number of nitrogens with zero attached hydrogens (tertiary/aromatic N) is 4. The van der Waals surface area contributed by atoms with Gasteiger partial charge in [0.2, 0.25) is 0 Å². The van der Waals surface area contributed by atoms with Gasteiger partial charge in [-0.15, -0.1) is 33.3 Å². The molecule has 0 aliphatic carbocycles. The Labute approximate surface area is 132 Å². The molecule has 1 saturated heterocycles. The van der Waals surface area contributed by atoms with Gasteiger partial charge in [0, 0.05) is 19.1 Å². The average molecular weight is 322 g/mol. The topological polar surface area (TPSA) is 51.0 Å². The normalized spacial score (nSPS) is 16.3. The van der Waals surface area contributed by atoms with E-state index in [0.717, 1.165) is 36.6 Å². The number of thiophene rings is 1. The van der Waals surface area contributed by atoms with Crippen LogP contribution in [0.25, 0.3) is 0 Å². The van der Waals surface area contributed by atoms with Gasteiger partial charge in [-0.2, -0.15) is 0 Å². The van der Waals surface area contributed by atoms with Crippen LogP contribution in [0.15, 0.2) is 29.0 Å². The maximum absolute atomic E-state index is 12.5. The van der Waals surface area contributed by atoms with Crippen LogP contribution < -0.4 is 0 Å². The van der Waals surface area contributed by atoms with Crippen LogP contribution in [0, 0.1) is 0 Å². The monoisotopic (exact) mass is 322 g/mol. The van der Waals surface area contributed by atoms with Crippen molar-refractivity contribution < 1.29 is 4.79 Å². The molecule has 5 nitrogen and oxygen atoms in total. The Balaban J connectivity index is 1.59. The van der Waals surface area contributed by atoms with E-state index in [1.165, 1.54) is 4.21 Å². The number of amides is 1. The Morgan fingerprint density at radius 1 is 1.33 bits per heavy atom. The molecule has 0 aromatic carbocycles. The molecule has 3 rings (SSSR count). The lowest BCUT2D eigenvalue weighted by Gasteiger charge is -2.32. The zero-order valence-corrected chi connectivity index (χ0v) is 13.6. The van der Waals surface area contributed by atoms with Crippen LogP contribution in [0.2, 0.25) is 0 Å². The van der Waals surface area contributed by atoms with Crippen molar-refractivity contribution in [1.82, 2.24) is 19.7 Å². The van der Waals surface area contributed by atoms with Gasteiger partial charge in [0.1, 0.15) is 12.7 Å². The molecular formula is C14H18N4OS2. The van der Waals surface area contributed by atoms with Gasteiger partial charge in [0.15, 0.2) is 0 Å². The molecule has 0 N–H and O–H groups in total. The van der Waals surface area contributed by atoms with E-state index in [-0.39, 0.29) is 5.91 Å². The molecule has 2 aromatic heterocycles. The van der Waals surface area contributed by atoms with Crippen molar-refractivity contribution in [1.29, 1.82) is 0 Å². The molecule has 0 spiro atoms. The standard InChI is InChI=1S/C14H18N4OS2/c1-2-20-13-4-3-12(21-13)14(19)17-7-5-11(6-8-17)18-9-15-16-10-18/h3-4,9-11H,2,5-8H2,1H3. The van der Waals surface area contributed by atoms with E-state index in [2.05, 4.69) is 23.2 Å². The summed E-state index contributed by atoms with van der Waals surface area (Å²) in [4.78, 5) is 15.3. The number of aromatic nitrogens is 3. The quantitative estimate of drug-likeness (QED) is 0.812. The first-order chi connectivity index (χ1) is 10.3. The van der Waals surface area contributed by atoms with E-state index in [1.54, 1.807) is 35.8 Å². The Bertz CT molecular complexity index is 588. The molecule has 112 valence electrons. The Morgan fingerprint density at radius 2 is 2.05 bits per heavy atom. The highest BCUT2D eigenvalue weighted by Gasteiger charge is 2.25. The predicted octanol–water partition coefficient (Wildman–Crippen LogP) is 2.93. The summed E-state index contributed by atoms with van der Waals surface area (Å²) in [5.41, 5.74) is 0. The summed E-state index contributed by atoms with van der Waals surface area (Å²) in [7, 11) is 0. The van der Waals surface area contributed by atoms with Crippen LogP contribution in [-0.2, 0) is 0 Å². The van der Waals surface area contributed by atoms with Crippen LogP contribution in [0.5, 0.6) is 0 Å². The second kappa shape index (κ2) is 6.62. The summed E-state index contributed by atoms with van der Waals surface area (Å²) in [5, 5.41) is 7.70. The summed E-state index contributed by atoms with van der Waals surface area (Å²) < 4.78 is 3.27. The highest BCUT2D eigenvalue weighted by Crippen LogP contribution is 2.29. The molecule has 1 fully saturated rings. The number of likely N-dealkylation sites (tertiary alicyclic amines) is 1. The average Bonchev–Trinajstić information content (AvgIpc) is 3.19. The van der Waals surface area contributed by atoms with Gasteiger partial charge in [-0.3, -0.25) is 4.79 Å². The van der Waals surface area contributed by atoms with Crippen LogP contribution in [0.3, 0.4) is 0 Å². The van der Waals surface area contributed by atoms with Gasteiger partial charge in [0.25, 0.3) is 5.91 Å². The van der Waals surface area contributed by atoms with Gasteiger partial charge in [-0.1, -0.05) is 6.92 Å². The third-order valence-corrected chi connectivity index (χ3v) is 5.87. The highest BCUT2D eigenvalue weighted by molar-refractivity contribution is 8.01. The van der Waals surface area contributed by atoms with Gasteiger partial charge in [-0.25, -0.2) is 0 Å². The molecule has 0 unspecified atom stereocenters. The summed E-state index contributed by atoms with van der Waals surface area (Å²) in [6.45, 7) is 3.73. The second-order valence-electron chi connectivity index (χ2n) is 4.98. The van der Waals surface area contributed by atoms with Gasteiger partial charge in [0.05, 0.1) is 9.09 Å². The van der Waals surface area contributed by atoms with Crippen molar-refractivity contribution in [2.75, 3.05) is 18.8 Å². The predicted molar refractivity (Wildman–Crippen MR) is 84.9 cm³/mol. The molecule has 1 amide bonds. The molecule has 0 radical (unpaired) electrons. The Morgan fingerprint density at radius 3 is 2.71 bits per heavy atom. The van der Waals surface area contributed by atoms with Crippen molar-refractivity contribution in [2.24, 2.45) is 0 Å². The van der Waals surface area contributed by atoms with Crippen molar-refractivity contribution in [3.05, 3.63) is 29.7 Å². The Kier molecular flexibility index (Phi) is 4.60. The molecule has 7 heteroatoms. The number of piperidine rings is 1. The lowest BCUT2D eigenvalue weighted by Crippen LogP contribution is -2.38. The van der Waals surface area contributed by atoms with E-state index in [1.807, 2.05) is 15.5 Å². The second-order valence-corrected chi connectivity index (χ2v) is 7.63. The molecule has 0 atom stereocenters. The minimum atomic E-state index is 0.171. The van der Waals surface area contributed by atoms with E-state index >= 15 is 0 Å². The first-order valence-electron chi connectivity index (χ1n) is 7.14. The molecule has 3 heterocycles. The van der Waals surface area contributed by atoms with Crippen LogP contribution in [-0.4, -0.2) is 44.4 Å². The lowest BCUT2D eigenvalue weighted by molar-refractivity contribution is 0.0699. The first kappa shape index (κ1) is 14.6. The van der Waals surface area contributed by atoms with Crippen LogP contribution >= 0.6 is 23.1 Å². The minimum Gasteiger partial charge on any atom is -0.338 e. The summed E-state index contributed by atoms with van der Waals surface area (Å²) in [6, 6.07) is 4.42. The molecule has 1 aliphatic rings. The summed E-state index contributed by atoms with van der Waals surface area (Å²) in [5.74, 6) is 1.21. The number of hydrogen-bond acceptors (Lipinski definition) is 5.